The summed E-state index contributed by atoms with van der Waals surface area (Å²) in [5.74, 6) is 0.591. The van der Waals surface area contributed by atoms with Gasteiger partial charge in [-0.1, -0.05) is 6.92 Å². The number of aliphatic imine (C=N–C) groups is 1. The second-order valence-electron chi connectivity index (χ2n) is 3.75. The maximum atomic E-state index is 12.4. The van der Waals surface area contributed by atoms with Crippen LogP contribution >= 0.6 is 35.3 Å². The Labute approximate surface area is 137 Å². The highest BCUT2D eigenvalue weighted by Gasteiger charge is 2.33. The molecule has 4 nitrogen and oxygen atoms in total. The molecule has 20 heavy (non-hydrogen) atoms. The summed E-state index contributed by atoms with van der Waals surface area (Å²) in [7, 11) is 0. The van der Waals surface area contributed by atoms with Gasteiger partial charge in [-0.3, -0.25) is 0 Å². The fourth-order valence-electron chi connectivity index (χ4n) is 1.25. The number of aromatic nitrogens is 1. The fourth-order valence-corrected chi connectivity index (χ4v) is 1.97. The Kier molecular flexibility index (Phi) is 9.10. The Hall–Kier alpha value is -0.580. The van der Waals surface area contributed by atoms with E-state index in [1.165, 1.54) is 0 Å². The van der Waals surface area contributed by atoms with Crippen LogP contribution in [-0.4, -0.2) is 24.0 Å². The highest BCUT2D eigenvalue weighted by atomic mass is 127. The largest absolute Gasteiger partial charge is 0.434 e. The third-order valence-electron chi connectivity index (χ3n) is 2.10. The lowest BCUT2D eigenvalue weighted by atomic mass is 10.5. The van der Waals surface area contributed by atoms with Crippen molar-refractivity contribution in [1.82, 2.24) is 15.6 Å². The molecule has 0 saturated heterocycles. The van der Waals surface area contributed by atoms with Crippen LogP contribution < -0.4 is 10.6 Å². The first-order chi connectivity index (χ1) is 8.97. The summed E-state index contributed by atoms with van der Waals surface area (Å²) in [4.78, 5) is 7.72. The summed E-state index contributed by atoms with van der Waals surface area (Å²) in [6.45, 7) is 5.54. The number of hydrogen-bond donors (Lipinski definition) is 2. The van der Waals surface area contributed by atoms with E-state index < -0.39 is 11.9 Å². The molecule has 9 heteroatoms. The van der Waals surface area contributed by atoms with Crippen LogP contribution in [0.1, 0.15) is 31.0 Å². The van der Waals surface area contributed by atoms with Crippen LogP contribution in [-0.2, 0) is 12.7 Å². The number of alkyl halides is 3. The molecule has 0 atom stereocenters. The first-order valence-corrected chi connectivity index (χ1v) is 6.89. The van der Waals surface area contributed by atoms with Gasteiger partial charge in [-0.05, 0) is 13.3 Å². The Morgan fingerprint density at radius 2 is 2.05 bits per heavy atom. The van der Waals surface area contributed by atoms with E-state index in [1.54, 1.807) is 0 Å². The second-order valence-corrected chi connectivity index (χ2v) is 4.69. The molecule has 0 unspecified atom stereocenters. The van der Waals surface area contributed by atoms with E-state index in [4.69, 9.17) is 0 Å². The Morgan fingerprint density at radius 1 is 1.35 bits per heavy atom. The van der Waals surface area contributed by atoms with Crippen molar-refractivity contribution in [1.29, 1.82) is 0 Å². The summed E-state index contributed by atoms with van der Waals surface area (Å²) >= 11 is 0.967. The molecule has 0 fully saturated rings. The van der Waals surface area contributed by atoms with Gasteiger partial charge in [0, 0.05) is 18.5 Å². The van der Waals surface area contributed by atoms with Crippen molar-refractivity contribution in [3.05, 3.63) is 16.1 Å². The molecule has 1 aromatic heterocycles. The average molecular weight is 422 g/mol. The number of nitrogens with one attached hydrogen (secondary N) is 2. The first kappa shape index (κ1) is 19.4. The van der Waals surface area contributed by atoms with Crippen LogP contribution in [0.15, 0.2) is 10.4 Å². The molecule has 0 aliphatic heterocycles. The number of guanidine groups is 1. The highest BCUT2D eigenvalue weighted by molar-refractivity contribution is 14.0. The molecule has 0 aromatic carbocycles. The van der Waals surface area contributed by atoms with Gasteiger partial charge < -0.3 is 10.6 Å². The molecule has 0 bridgehead atoms. The van der Waals surface area contributed by atoms with Gasteiger partial charge in [-0.25, -0.2) is 9.98 Å². The average Bonchev–Trinajstić information content (AvgIpc) is 2.81. The molecule has 0 aliphatic rings. The molecule has 0 spiro atoms. The van der Waals surface area contributed by atoms with Gasteiger partial charge in [0.25, 0.3) is 0 Å². The summed E-state index contributed by atoms with van der Waals surface area (Å²) in [5.41, 5.74) is -0.853. The van der Waals surface area contributed by atoms with Gasteiger partial charge in [-0.2, -0.15) is 13.2 Å². The minimum absolute atomic E-state index is 0. The van der Waals surface area contributed by atoms with Crippen LogP contribution in [0, 0.1) is 0 Å². The minimum atomic E-state index is -4.39. The summed E-state index contributed by atoms with van der Waals surface area (Å²) in [6.07, 6.45) is -3.44. The molecular formula is C11H18F3IN4S. The SMILES string of the molecule is CCCNC(=NCc1nc(C(F)(F)F)cs1)NCC.I. The lowest BCUT2D eigenvalue weighted by molar-refractivity contribution is -0.140. The summed E-state index contributed by atoms with van der Waals surface area (Å²) < 4.78 is 37.1. The topological polar surface area (TPSA) is 49.3 Å². The van der Waals surface area contributed by atoms with E-state index in [2.05, 4.69) is 20.6 Å². The van der Waals surface area contributed by atoms with Crippen molar-refractivity contribution in [2.45, 2.75) is 33.0 Å². The Bertz CT molecular complexity index is 420. The fraction of sp³-hybridized carbons (Fsp3) is 0.636. The van der Waals surface area contributed by atoms with E-state index in [-0.39, 0.29) is 30.5 Å². The van der Waals surface area contributed by atoms with Gasteiger partial charge in [0.15, 0.2) is 11.7 Å². The quantitative estimate of drug-likeness (QED) is 0.435. The first-order valence-electron chi connectivity index (χ1n) is 6.01. The normalized spacial score (nSPS) is 11.9. The van der Waals surface area contributed by atoms with Crippen molar-refractivity contribution in [2.24, 2.45) is 4.99 Å². The molecule has 0 saturated carbocycles. The van der Waals surface area contributed by atoms with Crippen LogP contribution in [0.4, 0.5) is 13.2 Å². The van der Waals surface area contributed by atoms with Crippen molar-refractivity contribution in [3.8, 4) is 0 Å². The van der Waals surface area contributed by atoms with Gasteiger partial charge in [-0.15, -0.1) is 35.3 Å². The van der Waals surface area contributed by atoms with Gasteiger partial charge >= 0.3 is 6.18 Å². The van der Waals surface area contributed by atoms with E-state index >= 15 is 0 Å². The molecule has 1 heterocycles. The molecule has 116 valence electrons. The summed E-state index contributed by atoms with van der Waals surface area (Å²) in [5, 5.41) is 7.45. The third kappa shape index (κ3) is 6.73. The Balaban J connectivity index is 0.00000361. The van der Waals surface area contributed by atoms with Crippen LogP contribution in [0.2, 0.25) is 0 Å². The van der Waals surface area contributed by atoms with Crippen molar-refractivity contribution in [2.75, 3.05) is 13.1 Å². The van der Waals surface area contributed by atoms with Crippen LogP contribution in [0.25, 0.3) is 0 Å². The van der Waals surface area contributed by atoms with Gasteiger partial charge in [0.2, 0.25) is 0 Å². The molecule has 0 aliphatic carbocycles. The van der Waals surface area contributed by atoms with Crippen molar-refractivity contribution >= 4 is 41.3 Å². The van der Waals surface area contributed by atoms with Gasteiger partial charge in [0.1, 0.15) is 5.01 Å². The number of halogens is 4. The molecule has 1 aromatic rings. The zero-order valence-corrected chi connectivity index (χ0v) is 14.4. The Morgan fingerprint density at radius 3 is 2.55 bits per heavy atom. The zero-order chi connectivity index (χ0) is 14.3. The number of thiazole rings is 1. The zero-order valence-electron chi connectivity index (χ0n) is 11.3. The van der Waals surface area contributed by atoms with Gasteiger partial charge in [0.05, 0.1) is 6.54 Å². The lowest BCUT2D eigenvalue weighted by Gasteiger charge is -2.09. The minimum Gasteiger partial charge on any atom is -0.357 e. The third-order valence-corrected chi connectivity index (χ3v) is 2.93. The van der Waals surface area contributed by atoms with Crippen LogP contribution in [0.3, 0.4) is 0 Å². The predicted molar refractivity (Wildman–Crippen MR) is 85.6 cm³/mol. The molecule has 0 amide bonds. The maximum Gasteiger partial charge on any atom is 0.434 e. The van der Waals surface area contributed by atoms with E-state index in [1.807, 2.05) is 13.8 Å². The van der Waals surface area contributed by atoms with E-state index in [0.717, 1.165) is 29.7 Å². The van der Waals surface area contributed by atoms with E-state index in [0.29, 0.717) is 17.5 Å². The number of nitrogens with zero attached hydrogens (tertiary/aromatic N) is 2. The summed E-state index contributed by atoms with van der Waals surface area (Å²) in [6, 6.07) is 0. The monoisotopic (exact) mass is 422 g/mol. The highest BCUT2D eigenvalue weighted by Crippen LogP contribution is 2.30. The van der Waals surface area contributed by atoms with E-state index in [9.17, 15) is 13.2 Å². The smallest absolute Gasteiger partial charge is 0.357 e. The molecule has 2 N–H and O–H groups in total. The molecular weight excluding hydrogens is 404 g/mol. The lowest BCUT2D eigenvalue weighted by Crippen LogP contribution is -2.37. The van der Waals surface area contributed by atoms with Crippen molar-refractivity contribution in [3.63, 3.8) is 0 Å². The van der Waals surface area contributed by atoms with Crippen LogP contribution in [0.5, 0.6) is 0 Å². The number of rotatable bonds is 5. The van der Waals surface area contributed by atoms with Crippen molar-refractivity contribution < 1.29 is 13.2 Å². The standard InChI is InChI=1S/C11H17F3N4S.HI/c1-3-5-16-10(15-4-2)17-6-9-18-8(7-19-9)11(12,13)14;/h7H,3-6H2,1-2H3,(H2,15,16,17);1H. The second kappa shape index (κ2) is 9.37. The number of hydrogen-bond acceptors (Lipinski definition) is 3. The predicted octanol–water partition coefficient (Wildman–Crippen LogP) is 3.25. The molecule has 1 rings (SSSR count). The molecule has 0 radical (unpaired) electrons. The maximum absolute atomic E-state index is 12.4.